The molecule has 0 aliphatic carbocycles. The van der Waals surface area contributed by atoms with Crippen LogP contribution < -0.4 is 9.50 Å². The molecule has 0 radical (unpaired) electrons. The first-order chi connectivity index (χ1) is 14.8. The van der Waals surface area contributed by atoms with Crippen LogP contribution in [0.3, 0.4) is 0 Å². The molecule has 3 aromatic rings. The van der Waals surface area contributed by atoms with Crippen LogP contribution in [0.1, 0.15) is 5.56 Å². The van der Waals surface area contributed by atoms with E-state index in [1.54, 1.807) is 54.6 Å². The molecule has 0 aromatic heterocycles. The number of para-hydroxylation sites is 1. The number of hydrogen-bond acceptors (Lipinski definition) is 5. The molecule has 156 valence electrons. The molecule has 1 amide bonds. The van der Waals surface area contributed by atoms with Gasteiger partial charge in [0.2, 0.25) is 0 Å². The Morgan fingerprint density at radius 3 is 2.23 bits per heavy atom. The van der Waals surface area contributed by atoms with Gasteiger partial charge in [-0.3, -0.25) is 4.79 Å². The third kappa shape index (κ3) is 5.64. The third-order valence-corrected chi connectivity index (χ3v) is 5.69. The molecule has 0 spiro atoms. The highest BCUT2D eigenvalue weighted by Crippen LogP contribution is 2.36. The summed E-state index contributed by atoms with van der Waals surface area (Å²) in [6.45, 7) is 0. The summed E-state index contributed by atoms with van der Waals surface area (Å²) in [7, 11) is -4.22. The quantitative estimate of drug-likeness (QED) is 0.298. The van der Waals surface area contributed by atoms with Crippen molar-refractivity contribution in [3.63, 3.8) is 0 Å². The Morgan fingerprint density at radius 1 is 1.00 bits per heavy atom. The number of carbonyl (C=O) groups is 1. The van der Waals surface area contributed by atoms with Gasteiger partial charge in [0.15, 0.2) is 5.75 Å². The van der Waals surface area contributed by atoms with E-state index in [9.17, 15) is 18.5 Å². The standard InChI is InChI=1S/C22H14Cl2N2O4S/c23-17-12-15(11-16(14-25)22(27)26-18-7-3-1-4-8-18)21(20(24)13-17)30-31(28,29)19-9-5-2-6-10-19/h1-13H,(H,26,27)/b16-11+. The van der Waals surface area contributed by atoms with E-state index in [0.29, 0.717) is 5.69 Å². The topological polar surface area (TPSA) is 96.3 Å². The third-order valence-electron chi connectivity index (χ3n) is 3.96. The van der Waals surface area contributed by atoms with E-state index in [-0.39, 0.29) is 31.8 Å². The summed E-state index contributed by atoms with van der Waals surface area (Å²) in [6, 6.07) is 20.4. The highest BCUT2D eigenvalue weighted by atomic mass is 35.5. The number of benzene rings is 3. The molecule has 0 saturated carbocycles. The van der Waals surface area contributed by atoms with Crippen LogP contribution in [0.5, 0.6) is 5.75 Å². The van der Waals surface area contributed by atoms with Gasteiger partial charge in [-0.1, -0.05) is 59.6 Å². The number of nitriles is 1. The van der Waals surface area contributed by atoms with Gasteiger partial charge in [0.1, 0.15) is 16.5 Å². The lowest BCUT2D eigenvalue weighted by atomic mass is 10.1. The minimum atomic E-state index is -4.22. The fourth-order valence-electron chi connectivity index (χ4n) is 2.54. The molecular formula is C22H14Cl2N2O4S. The van der Waals surface area contributed by atoms with Crippen molar-refractivity contribution in [1.82, 2.24) is 0 Å². The van der Waals surface area contributed by atoms with Crippen molar-refractivity contribution in [3.05, 3.63) is 94.0 Å². The second kappa shape index (κ2) is 9.67. The van der Waals surface area contributed by atoms with Crippen molar-refractivity contribution in [2.24, 2.45) is 0 Å². The maximum absolute atomic E-state index is 12.6. The first-order valence-electron chi connectivity index (χ1n) is 8.77. The SMILES string of the molecule is N#C/C(=C\c1cc(Cl)cc(Cl)c1OS(=O)(=O)c1ccccc1)C(=O)Nc1ccccc1. The van der Waals surface area contributed by atoms with Gasteiger partial charge in [-0.25, -0.2) is 0 Å². The van der Waals surface area contributed by atoms with Gasteiger partial charge < -0.3 is 9.50 Å². The maximum atomic E-state index is 12.6. The van der Waals surface area contributed by atoms with Gasteiger partial charge in [0.05, 0.1) is 5.02 Å². The highest BCUT2D eigenvalue weighted by molar-refractivity contribution is 7.87. The molecular weight excluding hydrogens is 459 g/mol. The van der Waals surface area contributed by atoms with E-state index in [1.807, 2.05) is 0 Å². The molecule has 0 aliphatic rings. The minimum Gasteiger partial charge on any atom is -0.377 e. The molecule has 0 heterocycles. The summed E-state index contributed by atoms with van der Waals surface area (Å²) in [5.41, 5.74) is 0.238. The summed E-state index contributed by atoms with van der Waals surface area (Å²) in [4.78, 5) is 12.4. The zero-order valence-electron chi connectivity index (χ0n) is 15.7. The molecule has 6 nitrogen and oxygen atoms in total. The van der Waals surface area contributed by atoms with Crippen molar-refractivity contribution < 1.29 is 17.4 Å². The van der Waals surface area contributed by atoms with Crippen molar-refractivity contribution in [1.29, 1.82) is 5.26 Å². The summed E-state index contributed by atoms with van der Waals surface area (Å²) in [5.74, 6) is -0.947. The number of hydrogen-bond donors (Lipinski definition) is 1. The van der Waals surface area contributed by atoms with Crippen LogP contribution in [-0.4, -0.2) is 14.3 Å². The van der Waals surface area contributed by atoms with Gasteiger partial charge in [0, 0.05) is 16.3 Å². The van der Waals surface area contributed by atoms with Crippen molar-refractivity contribution >= 4 is 51.0 Å². The fraction of sp³-hybridized carbons (Fsp3) is 0. The normalized spacial score (nSPS) is 11.5. The highest BCUT2D eigenvalue weighted by Gasteiger charge is 2.21. The summed E-state index contributed by atoms with van der Waals surface area (Å²) < 4.78 is 30.5. The summed E-state index contributed by atoms with van der Waals surface area (Å²) in [6.07, 6.45) is 1.16. The van der Waals surface area contributed by atoms with Crippen LogP contribution in [0.2, 0.25) is 10.0 Å². The smallest absolute Gasteiger partial charge is 0.339 e. The van der Waals surface area contributed by atoms with Crippen molar-refractivity contribution in [2.45, 2.75) is 4.90 Å². The van der Waals surface area contributed by atoms with E-state index in [4.69, 9.17) is 27.4 Å². The van der Waals surface area contributed by atoms with Crippen LogP contribution in [0.25, 0.3) is 6.08 Å². The van der Waals surface area contributed by atoms with Crippen molar-refractivity contribution in [2.75, 3.05) is 5.32 Å². The summed E-state index contributed by atoms with van der Waals surface area (Å²) in [5, 5.41) is 12.1. The molecule has 0 bridgehead atoms. The number of rotatable bonds is 6. The van der Waals surface area contributed by atoms with Gasteiger partial charge in [-0.15, -0.1) is 0 Å². The lowest BCUT2D eigenvalue weighted by Crippen LogP contribution is -2.14. The zero-order valence-corrected chi connectivity index (χ0v) is 18.1. The second-order valence-electron chi connectivity index (χ2n) is 6.15. The Bertz CT molecular complexity index is 1290. The van der Waals surface area contributed by atoms with Crippen LogP contribution in [0.15, 0.2) is 83.3 Å². The van der Waals surface area contributed by atoms with Crippen molar-refractivity contribution in [3.8, 4) is 11.8 Å². The Balaban J connectivity index is 2.00. The van der Waals surface area contributed by atoms with Crippen LogP contribution in [0.4, 0.5) is 5.69 Å². The fourth-order valence-corrected chi connectivity index (χ4v) is 4.13. The Labute approximate surface area is 189 Å². The zero-order chi connectivity index (χ0) is 22.4. The van der Waals surface area contributed by atoms with E-state index in [2.05, 4.69) is 5.32 Å². The largest absolute Gasteiger partial charge is 0.377 e. The van der Waals surface area contributed by atoms with Crippen LogP contribution in [0, 0.1) is 11.3 Å². The number of nitrogens with zero attached hydrogens (tertiary/aromatic N) is 1. The first kappa shape index (κ1) is 22.4. The molecule has 0 atom stereocenters. The Morgan fingerprint density at radius 2 is 1.61 bits per heavy atom. The molecule has 31 heavy (non-hydrogen) atoms. The molecule has 3 aromatic carbocycles. The molecule has 0 unspecified atom stereocenters. The first-order valence-corrected chi connectivity index (χ1v) is 10.9. The predicted octanol–water partition coefficient (Wildman–Crippen LogP) is 5.31. The van der Waals surface area contributed by atoms with Gasteiger partial charge >= 0.3 is 10.1 Å². The van der Waals surface area contributed by atoms with E-state index in [0.717, 1.165) is 6.08 Å². The van der Waals surface area contributed by atoms with Gasteiger partial charge in [0.25, 0.3) is 5.91 Å². The molecule has 3 rings (SSSR count). The number of anilines is 1. The Hall–Kier alpha value is -3.31. The molecule has 1 N–H and O–H groups in total. The Kier molecular flexibility index (Phi) is 6.98. The van der Waals surface area contributed by atoms with E-state index >= 15 is 0 Å². The van der Waals surface area contributed by atoms with E-state index in [1.165, 1.54) is 24.3 Å². The van der Waals surface area contributed by atoms with Gasteiger partial charge in [-0.2, -0.15) is 13.7 Å². The van der Waals surface area contributed by atoms with Crippen LogP contribution >= 0.6 is 23.2 Å². The molecule has 0 aliphatic heterocycles. The lowest BCUT2D eigenvalue weighted by Gasteiger charge is -2.12. The molecule has 0 saturated heterocycles. The molecule has 0 fully saturated rings. The average Bonchev–Trinajstić information content (AvgIpc) is 2.75. The monoisotopic (exact) mass is 472 g/mol. The van der Waals surface area contributed by atoms with Gasteiger partial charge in [-0.05, 0) is 42.5 Å². The average molecular weight is 473 g/mol. The second-order valence-corrected chi connectivity index (χ2v) is 8.54. The minimum absolute atomic E-state index is 0.0526. The number of carbonyl (C=O) groups excluding carboxylic acids is 1. The number of halogens is 2. The lowest BCUT2D eigenvalue weighted by molar-refractivity contribution is -0.112. The van der Waals surface area contributed by atoms with Crippen LogP contribution in [-0.2, 0) is 14.9 Å². The predicted molar refractivity (Wildman–Crippen MR) is 119 cm³/mol. The number of nitrogens with one attached hydrogen (secondary N) is 1. The molecule has 9 heteroatoms. The maximum Gasteiger partial charge on any atom is 0.339 e. The summed E-state index contributed by atoms with van der Waals surface area (Å²) >= 11 is 12.2. The van der Waals surface area contributed by atoms with E-state index < -0.39 is 16.0 Å². The number of amides is 1.